The van der Waals surface area contributed by atoms with E-state index < -0.39 is 15.7 Å². The van der Waals surface area contributed by atoms with Crippen molar-refractivity contribution in [3.05, 3.63) is 29.0 Å². The lowest BCUT2D eigenvalue weighted by Crippen LogP contribution is -2.39. The number of anilines is 1. The molecule has 1 heterocycles. The normalized spacial score (nSPS) is 20.6. The van der Waals surface area contributed by atoms with Crippen LogP contribution in [0, 0.1) is 5.82 Å². The number of hydrogen-bond acceptors (Lipinski definition) is 4. The number of carbonyl (C=O) groups excluding carboxylic acids is 1. The fourth-order valence-corrected chi connectivity index (χ4v) is 3.83. The molecule has 1 amide bonds. The molecule has 8 heteroatoms. The summed E-state index contributed by atoms with van der Waals surface area (Å²) in [7, 11) is -3.01. The van der Waals surface area contributed by atoms with Crippen LogP contribution in [0.25, 0.3) is 0 Å². The molecule has 2 rings (SSSR count). The number of hydrogen-bond donors (Lipinski definition) is 2. The third kappa shape index (κ3) is 4.08. The summed E-state index contributed by atoms with van der Waals surface area (Å²) in [6.07, 6.45) is 0.441. The van der Waals surface area contributed by atoms with Crippen LogP contribution in [0.5, 0.6) is 0 Å². The Morgan fingerprint density at radius 2 is 2.20 bits per heavy atom. The van der Waals surface area contributed by atoms with E-state index in [9.17, 15) is 17.6 Å². The predicted octanol–water partition coefficient (Wildman–Crippen LogP) is 1.19. The highest BCUT2D eigenvalue weighted by Crippen LogP contribution is 2.19. The zero-order valence-corrected chi connectivity index (χ0v) is 12.1. The van der Waals surface area contributed by atoms with Crippen molar-refractivity contribution in [2.24, 2.45) is 0 Å². The second-order valence-corrected chi connectivity index (χ2v) is 7.29. The quantitative estimate of drug-likeness (QED) is 0.874. The van der Waals surface area contributed by atoms with Gasteiger partial charge in [0.05, 0.1) is 23.1 Å². The average molecular weight is 321 g/mol. The van der Waals surface area contributed by atoms with Crippen LogP contribution in [0.4, 0.5) is 10.1 Å². The molecule has 2 N–H and O–H groups in total. The molecule has 0 aromatic heterocycles. The molecule has 1 aliphatic rings. The maximum atomic E-state index is 12.9. The van der Waals surface area contributed by atoms with Crippen LogP contribution in [-0.4, -0.2) is 38.4 Å². The summed E-state index contributed by atoms with van der Waals surface area (Å²) in [5, 5.41) is 5.41. The summed E-state index contributed by atoms with van der Waals surface area (Å²) in [6, 6.07) is 3.72. The van der Waals surface area contributed by atoms with Gasteiger partial charge in [0.1, 0.15) is 5.82 Å². The van der Waals surface area contributed by atoms with Gasteiger partial charge in [0, 0.05) is 11.7 Å². The van der Waals surface area contributed by atoms with Crippen molar-refractivity contribution in [2.45, 2.75) is 12.5 Å². The van der Waals surface area contributed by atoms with Gasteiger partial charge in [0.25, 0.3) is 0 Å². The van der Waals surface area contributed by atoms with Crippen molar-refractivity contribution in [2.75, 3.05) is 23.4 Å². The van der Waals surface area contributed by atoms with Gasteiger partial charge in [-0.1, -0.05) is 11.6 Å². The van der Waals surface area contributed by atoms with Gasteiger partial charge in [-0.05, 0) is 24.6 Å². The number of halogens is 2. The highest BCUT2D eigenvalue weighted by molar-refractivity contribution is 7.91. The van der Waals surface area contributed by atoms with E-state index in [0.29, 0.717) is 12.1 Å². The number of amides is 1. The fraction of sp³-hybridized carbons (Fsp3) is 0.417. The molecule has 1 aromatic carbocycles. The average Bonchev–Trinajstić information content (AvgIpc) is 2.70. The zero-order valence-electron chi connectivity index (χ0n) is 10.5. The Balaban J connectivity index is 1.82. The highest BCUT2D eigenvalue weighted by atomic mass is 35.5. The Kier molecular flexibility index (Phi) is 4.49. The summed E-state index contributed by atoms with van der Waals surface area (Å²) in [6.45, 7) is -0.0293. The molecular formula is C12H14ClFN2O3S. The van der Waals surface area contributed by atoms with Crippen molar-refractivity contribution in [3.63, 3.8) is 0 Å². The van der Waals surface area contributed by atoms with Gasteiger partial charge in [-0.3, -0.25) is 4.79 Å². The van der Waals surface area contributed by atoms with E-state index in [1.807, 2.05) is 0 Å². The van der Waals surface area contributed by atoms with Gasteiger partial charge < -0.3 is 10.6 Å². The first-order valence-electron chi connectivity index (χ1n) is 6.04. The maximum absolute atomic E-state index is 12.9. The molecule has 0 bridgehead atoms. The number of nitrogens with one attached hydrogen (secondary N) is 2. The lowest BCUT2D eigenvalue weighted by Gasteiger charge is -2.12. The van der Waals surface area contributed by atoms with E-state index in [1.165, 1.54) is 18.2 Å². The first kappa shape index (κ1) is 15.1. The van der Waals surface area contributed by atoms with E-state index in [2.05, 4.69) is 10.6 Å². The van der Waals surface area contributed by atoms with Crippen molar-refractivity contribution >= 4 is 33.0 Å². The molecule has 0 saturated carbocycles. The maximum Gasteiger partial charge on any atom is 0.239 e. The number of rotatable bonds is 4. The lowest BCUT2D eigenvalue weighted by molar-refractivity contribution is -0.119. The fourth-order valence-electron chi connectivity index (χ4n) is 1.98. The van der Waals surface area contributed by atoms with Crippen molar-refractivity contribution in [1.29, 1.82) is 0 Å². The zero-order chi connectivity index (χ0) is 14.8. The van der Waals surface area contributed by atoms with Crippen molar-refractivity contribution in [1.82, 2.24) is 5.32 Å². The second kappa shape index (κ2) is 5.97. The molecule has 1 atom stereocenters. The molecular weight excluding hydrogens is 307 g/mol. The third-order valence-electron chi connectivity index (χ3n) is 2.97. The van der Waals surface area contributed by atoms with Crippen molar-refractivity contribution in [3.8, 4) is 0 Å². The molecule has 0 radical (unpaired) electrons. The summed E-state index contributed by atoms with van der Waals surface area (Å²) in [5.74, 6) is -0.745. The largest absolute Gasteiger partial charge is 0.376 e. The topological polar surface area (TPSA) is 75.3 Å². The van der Waals surface area contributed by atoms with E-state index >= 15 is 0 Å². The smallest absolute Gasteiger partial charge is 0.239 e. The summed E-state index contributed by atoms with van der Waals surface area (Å²) < 4.78 is 35.5. The Labute approximate surface area is 121 Å². The third-order valence-corrected chi connectivity index (χ3v) is 5.03. The van der Waals surface area contributed by atoms with E-state index in [1.54, 1.807) is 0 Å². The van der Waals surface area contributed by atoms with Gasteiger partial charge >= 0.3 is 0 Å². The Bertz CT molecular complexity index is 621. The minimum Gasteiger partial charge on any atom is -0.376 e. The standard InChI is InChI=1S/C12H14ClFN2O3S/c13-10-5-8(1-2-11(10)14)15-6-12(17)16-9-3-4-20(18,19)7-9/h1-2,5,9,15H,3-4,6-7H2,(H,16,17). The summed E-state index contributed by atoms with van der Waals surface area (Å²) in [4.78, 5) is 11.7. The molecule has 0 aliphatic carbocycles. The molecule has 5 nitrogen and oxygen atoms in total. The molecule has 1 unspecified atom stereocenters. The lowest BCUT2D eigenvalue weighted by atomic mass is 10.2. The number of benzene rings is 1. The van der Waals surface area contributed by atoms with Gasteiger partial charge in [0.15, 0.2) is 9.84 Å². The van der Waals surface area contributed by atoms with E-state index in [4.69, 9.17) is 11.6 Å². The van der Waals surface area contributed by atoms with Crippen LogP contribution in [0.15, 0.2) is 18.2 Å². The molecule has 20 heavy (non-hydrogen) atoms. The van der Waals surface area contributed by atoms with Crippen LogP contribution in [0.3, 0.4) is 0 Å². The Morgan fingerprint density at radius 1 is 1.45 bits per heavy atom. The van der Waals surface area contributed by atoms with Crippen LogP contribution in [0.2, 0.25) is 5.02 Å². The molecule has 110 valence electrons. The Hall–Kier alpha value is -1.34. The first-order valence-corrected chi connectivity index (χ1v) is 8.24. The van der Waals surface area contributed by atoms with E-state index in [0.717, 1.165) is 0 Å². The molecule has 1 aromatic rings. The van der Waals surface area contributed by atoms with E-state index in [-0.39, 0.29) is 35.0 Å². The van der Waals surface area contributed by atoms with Crippen molar-refractivity contribution < 1.29 is 17.6 Å². The van der Waals surface area contributed by atoms with Crippen LogP contribution < -0.4 is 10.6 Å². The van der Waals surface area contributed by atoms with Crippen LogP contribution in [0.1, 0.15) is 6.42 Å². The summed E-state index contributed by atoms with van der Waals surface area (Å²) >= 11 is 5.62. The van der Waals surface area contributed by atoms with Gasteiger partial charge in [-0.2, -0.15) is 0 Å². The minimum atomic E-state index is -3.01. The first-order chi connectivity index (χ1) is 9.35. The number of carbonyl (C=O) groups is 1. The predicted molar refractivity (Wildman–Crippen MR) is 75.1 cm³/mol. The number of sulfone groups is 1. The monoisotopic (exact) mass is 320 g/mol. The minimum absolute atomic E-state index is 0.0128. The SMILES string of the molecule is O=C(CNc1ccc(F)c(Cl)c1)NC1CCS(=O)(=O)C1. The van der Waals surface area contributed by atoms with Gasteiger partial charge in [0.2, 0.25) is 5.91 Å². The second-order valence-electron chi connectivity index (χ2n) is 4.65. The Morgan fingerprint density at radius 3 is 2.80 bits per heavy atom. The van der Waals surface area contributed by atoms with Gasteiger partial charge in [-0.25, -0.2) is 12.8 Å². The molecule has 1 aliphatic heterocycles. The van der Waals surface area contributed by atoms with Gasteiger partial charge in [-0.15, -0.1) is 0 Å². The molecule has 0 spiro atoms. The molecule has 1 saturated heterocycles. The highest BCUT2D eigenvalue weighted by Gasteiger charge is 2.28. The summed E-state index contributed by atoms with van der Waals surface area (Å²) in [5.41, 5.74) is 0.519. The molecule has 1 fully saturated rings. The van der Waals surface area contributed by atoms with Crippen LogP contribution in [-0.2, 0) is 14.6 Å². The van der Waals surface area contributed by atoms with Crippen LogP contribution >= 0.6 is 11.6 Å².